The number of hydrogen-bond donors (Lipinski definition) is 1. The van der Waals surface area contributed by atoms with Crippen molar-refractivity contribution in [2.24, 2.45) is 5.92 Å². The Morgan fingerprint density at radius 3 is 2.59 bits per heavy atom. The molecule has 156 valence electrons. The normalized spacial score (nSPS) is 18.1. The molecule has 0 spiro atoms. The number of carbonyl (C=O) groups excluding carboxylic acids is 2. The lowest BCUT2D eigenvalue weighted by atomic mass is 10.0. The van der Waals surface area contributed by atoms with Gasteiger partial charge >= 0.3 is 6.18 Å². The van der Waals surface area contributed by atoms with E-state index in [2.05, 4.69) is 12.2 Å². The van der Waals surface area contributed by atoms with E-state index >= 15 is 0 Å². The lowest BCUT2D eigenvalue weighted by Gasteiger charge is -2.21. The Labute approximate surface area is 171 Å². The molecule has 1 saturated heterocycles. The van der Waals surface area contributed by atoms with Gasteiger partial charge in [-0.2, -0.15) is 13.2 Å². The van der Waals surface area contributed by atoms with Gasteiger partial charge in [0, 0.05) is 17.8 Å². The second kappa shape index (κ2) is 8.98. The Kier molecular flexibility index (Phi) is 6.62. The lowest BCUT2D eigenvalue weighted by Crippen LogP contribution is -2.38. The van der Waals surface area contributed by atoms with Crippen molar-refractivity contribution < 1.29 is 22.8 Å². The highest BCUT2D eigenvalue weighted by atomic mass is 32.1. The van der Waals surface area contributed by atoms with Crippen molar-refractivity contribution in [3.8, 4) is 0 Å². The molecule has 1 N–H and O–H groups in total. The summed E-state index contributed by atoms with van der Waals surface area (Å²) in [6.45, 7) is 0.577. The maximum absolute atomic E-state index is 12.8. The zero-order valence-corrected chi connectivity index (χ0v) is 16.9. The number of carbonyl (C=O) groups is 2. The van der Waals surface area contributed by atoms with Crippen LogP contribution in [0.5, 0.6) is 0 Å². The molecule has 1 aliphatic heterocycles. The van der Waals surface area contributed by atoms with Crippen molar-refractivity contribution in [1.82, 2.24) is 10.2 Å². The van der Waals surface area contributed by atoms with Gasteiger partial charge in [-0.3, -0.25) is 9.59 Å². The van der Waals surface area contributed by atoms with Crippen molar-refractivity contribution in [1.29, 1.82) is 0 Å². The van der Waals surface area contributed by atoms with Crippen LogP contribution in [0.15, 0.2) is 41.8 Å². The Morgan fingerprint density at radius 2 is 2.00 bits per heavy atom. The van der Waals surface area contributed by atoms with Gasteiger partial charge in [0.05, 0.1) is 12.0 Å². The van der Waals surface area contributed by atoms with Gasteiger partial charge in [-0.25, -0.2) is 0 Å². The van der Waals surface area contributed by atoms with Crippen LogP contribution in [0.1, 0.15) is 41.8 Å². The van der Waals surface area contributed by atoms with Crippen LogP contribution in [-0.4, -0.2) is 36.0 Å². The smallest absolute Gasteiger partial charge is 0.344 e. The van der Waals surface area contributed by atoms with Crippen LogP contribution in [-0.2, 0) is 16.0 Å². The number of nitrogens with one attached hydrogen (secondary N) is 1. The summed E-state index contributed by atoms with van der Waals surface area (Å²) in [5.41, 5.74) is 2.11. The van der Waals surface area contributed by atoms with E-state index in [1.54, 1.807) is 0 Å². The van der Waals surface area contributed by atoms with Crippen LogP contribution in [0.4, 0.5) is 13.2 Å². The van der Waals surface area contributed by atoms with Crippen molar-refractivity contribution in [3.63, 3.8) is 0 Å². The van der Waals surface area contributed by atoms with Crippen LogP contribution < -0.4 is 5.32 Å². The minimum absolute atomic E-state index is 0.200. The number of halogens is 3. The summed E-state index contributed by atoms with van der Waals surface area (Å²) in [7, 11) is 0. The van der Waals surface area contributed by atoms with Gasteiger partial charge in [0.15, 0.2) is 0 Å². The van der Waals surface area contributed by atoms with E-state index in [1.807, 2.05) is 41.8 Å². The second-order valence-corrected chi connectivity index (χ2v) is 8.22. The molecule has 29 heavy (non-hydrogen) atoms. The number of amides is 2. The molecule has 0 saturated carbocycles. The fourth-order valence-corrected chi connectivity index (χ4v) is 4.32. The molecule has 0 aliphatic carbocycles. The summed E-state index contributed by atoms with van der Waals surface area (Å²) in [5, 5.41) is 4.85. The highest BCUT2D eigenvalue weighted by Crippen LogP contribution is 2.29. The van der Waals surface area contributed by atoms with E-state index in [9.17, 15) is 22.8 Å². The average molecular weight is 424 g/mol. The van der Waals surface area contributed by atoms with Gasteiger partial charge in [0.1, 0.15) is 6.54 Å². The van der Waals surface area contributed by atoms with Crippen molar-refractivity contribution in [2.45, 2.75) is 38.4 Å². The largest absolute Gasteiger partial charge is 0.406 e. The molecule has 4 nitrogen and oxygen atoms in total. The molecule has 2 atom stereocenters. The molecule has 0 radical (unpaired) electrons. The summed E-state index contributed by atoms with van der Waals surface area (Å²) in [6, 6.07) is 11.4. The van der Waals surface area contributed by atoms with Crippen LogP contribution >= 0.6 is 11.3 Å². The molecule has 2 aromatic rings. The predicted molar refractivity (Wildman–Crippen MR) is 105 cm³/mol. The minimum atomic E-state index is -4.47. The van der Waals surface area contributed by atoms with Crippen LogP contribution in [0, 0.1) is 5.92 Å². The highest BCUT2D eigenvalue weighted by Gasteiger charge is 2.41. The number of aryl methyl sites for hydroxylation is 1. The fourth-order valence-electron chi connectivity index (χ4n) is 3.52. The zero-order valence-electron chi connectivity index (χ0n) is 16.0. The van der Waals surface area contributed by atoms with Gasteiger partial charge in [-0.05, 0) is 29.0 Å². The lowest BCUT2D eigenvalue weighted by molar-refractivity contribution is -0.157. The number of hydrogen-bond acceptors (Lipinski definition) is 3. The zero-order chi connectivity index (χ0) is 21.0. The third kappa shape index (κ3) is 5.59. The van der Waals surface area contributed by atoms with E-state index in [0.29, 0.717) is 4.90 Å². The predicted octanol–water partition coefficient (Wildman–Crippen LogP) is 4.32. The Morgan fingerprint density at radius 1 is 1.28 bits per heavy atom. The van der Waals surface area contributed by atoms with Crippen LogP contribution in [0.25, 0.3) is 0 Å². The van der Waals surface area contributed by atoms with Gasteiger partial charge in [0.2, 0.25) is 11.8 Å². The molecule has 1 aliphatic rings. The monoisotopic (exact) mass is 424 g/mol. The standard InChI is InChI=1S/C21H23F3N2O2S/c1-2-4-14-6-8-15(9-7-14)19(17-5-3-10-29-17)25-20(28)16-11-18(27)26(12-16)13-21(22,23)24/h3,5-10,16,19H,2,4,11-13H2,1H3,(H,25,28). The molecule has 0 bridgehead atoms. The number of alkyl halides is 3. The maximum atomic E-state index is 12.8. The van der Waals surface area contributed by atoms with Crippen LogP contribution in [0.2, 0.25) is 0 Å². The van der Waals surface area contributed by atoms with Crippen molar-refractivity contribution in [2.75, 3.05) is 13.1 Å². The van der Waals surface area contributed by atoms with Gasteiger partial charge in [0.25, 0.3) is 0 Å². The Hall–Kier alpha value is -2.35. The first-order valence-corrected chi connectivity index (χ1v) is 10.4. The number of rotatable bonds is 7. The third-order valence-electron chi connectivity index (χ3n) is 4.92. The highest BCUT2D eigenvalue weighted by molar-refractivity contribution is 7.10. The molecule has 3 rings (SSSR count). The number of nitrogens with zero attached hydrogens (tertiary/aromatic N) is 1. The van der Waals surface area contributed by atoms with E-state index in [-0.39, 0.29) is 13.0 Å². The summed E-state index contributed by atoms with van der Waals surface area (Å²) in [5.74, 6) is -1.83. The van der Waals surface area contributed by atoms with E-state index in [1.165, 1.54) is 16.9 Å². The van der Waals surface area contributed by atoms with Gasteiger partial charge < -0.3 is 10.2 Å². The second-order valence-electron chi connectivity index (χ2n) is 7.24. The van der Waals surface area contributed by atoms with Crippen molar-refractivity contribution >= 4 is 23.2 Å². The number of benzene rings is 1. The van der Waals surface area contributed by atoms with Gasteiger partial charge in [-0.1, -0.05) is 43.7 Å². The molecule has 1 aromatic carbocycles. The van der Waals surface area contributed by atoms with Gasteiger partial charge in [-0.15, -0.1) is 11.3 Å². The van der Waals surface area contributed by atoms with E-state index in [0.717, 1.165) is 23.3 Å². The molecule has 2 heterocycles. The Bertz CT molecular complexity index is 835. The molecular formula is C21H23F3N2O2S. The summed E-state index contributed by atoms with van der Waals surface area (Å²) in [6.07, 6.45) is -2.67. The third-order valence-corrected chi connectivity index (χ3v) is 5.86. The first kappa shape index (κ1) is 21.4. The summed E-state index contributed by atoms with van der Waals surface area (Å²) < 4.78 is 37.9. The molecule has 1 fully saturated rings. The minimum Gasteiger partial charge on any atom is -0.344 e. The Balaban J connectivity index is 1.73. The molecule has 2 amide bonds. The first-order valence-electron chi connectivity index (χ1n) is 9.54. The van der Waals surface area contributed by atoms with Crippen molar-refractivity contribution in [3.05, 3.63) is 57.8 Å². The van der Waals surface area contributed by atoms with Crippen LogP contribution in [0.3, 0.4) is 0 Å². The fraction of sp³-hybridized carbons (Fsp3) is 0.429. The first-order chi connectivity index (χ1) is 13.8. The summed E-state index contributed by atoms with van der Waals surface area (Å²) in [4.78, 5) is 26.3. The molecule has 8 heteroatoms. The SMILES string of the molecule is CCCc1ccc(C(NC(=O)C2CC(=O)N(CC(F)(F)F)C2)c2cccs2)cc1. The number of likely N-dealkylation sites (tertiary alicyclic amines) is 1. The molecular weight excluding hydrogens is 401 g/mol. The molecule has 2 unspecified atom stereocenters. The topological polar surface area (TPSA) is 49.4 Å². The quantitative estimate of drug-likeness (QED) is 0.720. The van der Waals surface area contributed by atoms with E-state index in [4.69, 9.17) is 0 Å². The van der Waals surface area contributed by atoms with E-state index < -0.39 is 36.5 Å². The molecule has 1 aromatic heterocycles. The summed E-state index contributed by atoms with van der Waals surface area (Å²) >= 11 is 1.49. The average Bonchev–Trinajstić information content (AvgIpc) is 3.30. The maximum Gasteiger partial charge on any atom is 0.406 e. The number of thiophene rings is 1.